The number of nitrogens with zero attached hydrogens (tertiary/aromatic N) is 4. The normalized spacial score (nSPS) is 13.5. The maximum atomic E-state index is 13.5. The molecule has 3 aromatic rings. The number of Topliss-reactive ketones (excluding diaryl/α,β-unsaturated/α-hetero) is 1. The summed E-state index contributed by atoms with van der Waals surface area (Å²) in [6, 6.07) is 12.0. The van der Waals surface area contributed by atoms with Crippen LogP contribution in [-0.2, 0) is 0 Å². The molecular formula is C23H27FN4OS. The summed E-state index contributed by atoms with van der Waals surface area (Å²) in [4.78, 5) is 15.0. The fourth-order valence-electron chi connectivity index (χ4n) is 3.03. The Kier molecular flexibility index (Phi) is 6.73. The lowest BCUT2D eigenvalue weighted by Crippen LogP contribution is -2.21. The molecule has 1 aromatic heterocycles. The highest BCUT2D eigenvalue weighted by Crippen LogP contribution is 2.30. The van der Waals surface area contributed by atoms with Crippen LogP contribution < -0.4 is 0 Å². The smallest absolute Gasteiger partial charge is 0.196 e. The van der Waals surface area contributed by atoms with Gasteiger partial charge in [0.15, 0.2) is 16.8 Å². The van der Waals surface area contributed by atoms with Gasteiger partial charge in [-0.15, -0.1) is 10.2 Å². The predicted molar refractivity (Wildman–Crippen MR) is 119 cm³/mol. The molecule has 0 aliphatic carbocycles. The monoisotopic (exact) mass is 426 g/mol. The molecule has 2 aromatic carbocycles. The number of carbonyl (C=O) groups is 1. The van der Waals surface area contributed by atoms with Crippen molar-refractivity contribution in [2.45, 2.75) is 44.1 Å². The fraction of sp³-hybridized carbons (Fsp3) is 0.348. The average molecular weight is 427 g/mol. The minimum Gasteiger partial charge on any atom is -0.300 e. The minimum absolute atomic E-state index is 0.0114. The second kappa shape index (κ2) is 9.10. The van der Waals surface area contributed by atoms with Gasteiger partial charge in [-0.1, -0.05) is 23.9 Å². The fourth-order valence-corrected chi connectivity index (χ4v) is 3.98. The number of rotatable bonds is 7. The molecule has 3 rings (SSSR count). The molecule has 0 saturated heterocycles. The van der Waals surface area contributed by atoms with Crippen LogP contribution in [0.2, 0.25) is 0 Å². The van der Waals surface area contributed by atoms with Crippen molar-refractivity contribution in [1.29, 1.82) is 0 Å². The lowest BCUT2D eigenvalue weighted by molar-refractivity contribution is 0.0993. The second-order valence-corrected chi connectivity index (χ2v) is 9.02. The highest BCUT2D eigenvalue weighted by Gasteiger charge is 2.25. The molecule has 0 N–H and O–H groups in total. The summed E-state index contributed by atoms with van der Waals surface area (Å²) in [5, 5.41) is 9.02. The molecular weight excluding hydrogens is 399 g/mol. The third-order valence-corrected chi connectivity index (χ3v) is 6.38. The molecule has 30 heavy (non-hydrogen) atoms. The van der Waals surface area contributed by atoms with Crippen LogP contribution in [0.4, 0.5) is 4.39 Å². The van der Waals surface area contributed by atoms with Crippen molar-refractivity contribution in [3.63, 3.8) is 0 Å². The van der Waals surface area contributed by atoms with Crippen molar-refractivity contribution in [1.82, 2.24) is 19.7 Å². The van der Waals surface area contributed by atoms with Crippen molar-refractivity contribution in [2.24, 2.45) is 0 Å². The first-order valence-electron chi connectivity index (χ1n) is 9.85. The van der Waals surface area contributed by atoms with Crippen LogP contribution in [-0.4, -0.2) is 44.8 Å². The van der Waals surface area contributed by atoms with Crippen LogP contribution in [0, 0.1) is 19.7 Å². The second-order valence-electron chi connectivity index (χ2n) is 7.72. The maximum absolute atomic E-state index is 13.5. The first kappa shape index (κ1) is 22.2. The number of thioether (sulfide) groups is 1. The Morgan fingerprint density at radius 3 is 2.30 bits per heavy atom. The zero-order chi connectivity index (χ0) is 22.0. The molecule has 2 atom stereocenters. The number of benzene rings is 2. The summed E-state index contributed by atoms with van der Waals surface area (Å²) < 4.78 is 15.4. The van der Waals surface area contributed by atoms with E-state index in [-0.39, 0.29) is 22.9 Å². The van der Waals surface area contributed by atoms with E-state index >= 15 is 0 Å². The summed E-state index contributed by atoms with van der Waals surface area (Å²) in [6.45, 7) is 7.94. The Morgan fingerprint density at radius 1 is 1.03 bits per heavy atom. The molecule has 0 fully saturated rings. The Balaban J connectivity index is 1.95. The summed E-state index contributed by atoms with van der Waals surface area (Å²) in [5.41, 5.74) is 3.70. The van der Waals surface area contributed by atoms with Crippen LogP contribution in [0.15, 0.2) is 47.6 Å². The lowest BCUT2D eigenvalue weighted by Gasteiger charge is -2.21. The van der Waals surface area contributed by atoms with E-state index in [4.69, 9.17) is 0 Å². The van der Waals surface area contributed by atoms with Gasteiger partial charge < -0.3 is 0 Å². The van der Waals surface area contributed by atoms with Crippen LogP contribution in [0.3, 0.4) is 0 Å². The van der Waals surface area contributed by atoms with Crippen LogP contribution >= 0.6 is 11.8 Å². The minimum atomic E-state index is -0.349. The van der Waals surface area contributed by atoms with E-state index < -0.39 is 0 Å². The van der Waals surface area contributed by atoms with Gasteiger partial charge in [-0.05, 0) is 83.2 Å². The van der Waals surface area contributed by atoms with E-state index in [0.29, 0.717) is 10.7 Å². The van der Waals surface area contributed by atoms with Crippen molar-refractivity contribution in [3.05, 3.63) is 70.8 Å². The standard InChI is InChI=1S/C23H27FN4OS/c1-14-7-8-18(13-15(14)2)21(29)17(4)30-23-26-25-22(16(3)27(5)6)28(23)20-11-9-19(24)10-12-20/h7-13,16-17H,1-6H3/t16-,17+/m0/s1. The molecule has 0 spiro atoms. The Morgan fingerprint density at radius 2 is 1.70 bits per heavy atom. The van der Waals surface area contributed by atoms with Gasteiger partial charge >= 0.3 is 0 Å². The van der Waals surface area contributed by atoms with E-state index in [1.54, 1.807) is 12.1 Å². The van der Waals surface area contributed by atoms with E-state index in [2.05, 4.69) is 10.2 Å². The van der Waals surface area contributed by atoms with Gasteiger partial charge in [-0.25, -0.2) is 4.39 Å². The Bertz CT molecular complexity index is 1050. The highest BCUT2D eigenvalue weighted by atomic mass is 32.2. The number of carbonyl (C=O) groups excluding carboxylic acids is 1. The lowest BCUT2D eigenvalue weighted by atomic mass is 10.0. The van der Waals surface area contributed by atoms with Crippen LogP contribution in [0.1, 0.15) is 47.2 Å². The summed E-state index contributed by atoms with van der Waals surface area (Å²) in [7, 11) is 3.93. The number of aryl methyl sites for hydroxylation is 2. The predicted octanol–water partition coefficient (Wildman–Crippen LogP) is 5.01. The first-order valence-corrected chi connectivity index (χ1v) is 10.7. The molecule has 0 saturated carbocycles. The zero-order valence-corrected chi connectivity index (χ0v) is 19.0. The first-order chi connectivity index (χ1) is 14.2. The quantitative estimate of drug-likeness (QED) is 0.393. The van der Waals surface area contributed by atoms with Crippen LogP contribution in [0.25, 0.3) is 5.69 Å². The maximum Gasteiger partial charge on any atom is 0.196 e. The SMILES string of the molecule is Cc1ccc(C(=O)[C@@H](C)Sc2nnc([C@H](C)N(C)C)n2-c2ccc(F)cc2)cc1C. The summed E-state index contributed by atoms with van der Waals surface area (Å²) in [5.74, 6) is 0.473. The number of hydrogen-bond acceptors (Lipinski definition) is 5. The molecule has 0 aliphatic heterocycles. The molecule has 5 nitrogen and oxygen atoms in total. The highest BCUT2D eigenvalue weighted by molar-refractivity contribution is 8.00. The molecule has 0 radical (unpaired) electrons. The largest absolute Gasteiger partial charge is 0.300 e. The van der Waals surface area contributed by atoms with Crippen molar-refractivity contribution in [2.75, 3.05) is 14.1 Å². The number of hydrogen-bond donors (Lipinski definition) is 0. The number of ketones is 1. The topological polar surface area (TPSA) is 51.0 Å². The number of aromatic nitrogens is 3. The van der Waals surface area contributed by atoms with Gasteiger partial charge in [-0.3, -0.25) is 14.3 Å². The zero-order valence-electron chi connectivity index (χ0n) is 18.2. The molecule has 0 amide bonds. The van der Waals surface area contributed by atoms with Gasteiger partial charge in [0.05, 0.1) is 11.3 Å². The molecule has 1 heterocycles. The van der Waals surface area contributed by atoms with Crippen LogP contribution in [0.5, 0.6) is 0 Å². The van der Waals surface area contributed by atoms with Gasteiger partial charge in [0.1, 0.15) is 5.82 Å². The third kappa shape index (κ3) is 4.63. The van der Waals surface area contributed by atoms with Crippen molar-refractivity contribution in [3.8, 4) is 5.69 Å². The van der Waals surface area contributed by atoms with E-state index in [0.717, 1.165) is 22.6 Å². The molecule has 158 valence electrons. The van der Waals surface area contributed by atoms with E-state index in [1.807, 2.05) is 69.5 Å². The van der Waals surface area contributed by atoms with E-state index in [1.165, 1.54) is 23.9 Å². The summed E-state index contributed by atoms with van der Waals surface area (Å²) in [6.07, 6.45) is 0. The number of halogens is 1. The van der Waals surface area contributed by atoms with Gasteiger partial charge in [0, 0.05) is 11.3 Å². The molecule has 0 aliphatic rings. The third-order valence-electron chi connectivity index (χ3n) is 5.33. The Hall–Kier alpha value is -2.51. The molecule has 0 unspecified atom stereocenters. The molecule has 7 heteroatoms. The van der Waals surface area contributed by atoms with Gasteiger partial charge in [0.2, 0.25) is 0 Å². The van der Waals surface area contributed by atoms with Gasteiger partial charge in [0.25, 0.3) is 0 Å². The Labute approximate surface area is 181 Å². The summed E-state index contributed by atoms with van der Waals surface area (Å²) >= 11 is 1.36. The van der Waals surface area contributed by atoms with Crippen molar-refractivity contribution < 1.29 is 9.18 Å². The van der Waals surface area contributed by atoms with Gasteiger partial charge in [-0.2, -0.15) is 0 Å². The van der Waals surface area contributed by atoms with E-state index in [9.17, 15) is 9.18 Å². The molecule has 0 bridgehead atoms. The average Bonchev–Trinajstić information content (AvgIpc) is 3.12. The van der Waals surface area contributed by atoms with Crippen molar-refractivity contribution >= 4 is 17.5 Å².